The van der Waals surface area contributed by atoms with Gasteiger partial charge in [-0.05, 0) is 28.1 Å². The molecule has 0 spiro atoms. The maximum Gasteiger partial charge on any atom is 0.191 e. The quantitative estimate of drug-likeness (QED) is 0.289. The van der Waals surface area contributed by atoms with Gasteiger partial charge in [0.15, 0.2) is 5.96 Å². The number of guanidine groups is 1. The molecule has 0 fully saturated rings. The molecule has 3 aromatic heterocycles. The standard InChI is InChI=1S/C16H21BrN8.HI/c1-3-14-23-21-11-24(14)7-6-19-16(18-2)20-8-13-10-25-9-12(17)4-5-15(25)22-13;/h4-5,9-11H,3,6-8H2,1-2H3,(H2,18,19,20);1H. The maximum atomic E-state index is 4.58. The molecule has 3 aromatic rings. The Bertz CT molecular complexity index is 872. The van der Waals surface area contributed by atoms with E-state index in [1.807, 2.05) is 33.5 Å². The van der Waals surface area contributed by atoms with Crippen LogP contribution in [-0.2, 0) is 19.5 Å². The smallest absolute Gasteiger partial charge is 0.191 e. The van der Waals surface area contributed by atoms with Gasteiger partial charge in [0.2, 0.25) is 0 Å². The minimum absolute atomic E-state index is 0. The summed E-state index contributed by atoms with van der Waals surface area (Å²) in [5, 5.41) is 14.6. The van der Waals surface area contributed by atoms with Gasteiger partial charge in [-0.2, -0.15) is 0 Å². The number of aromatic nitrogens is 5. The lowest BCUT2D eigenvalue weighted by Crippen LogP contribution is -2.38. The predicted octanol–water partition coefficient (Wildman–Crippen LogP) is 2.23. The molecule has 0 unspecified atom stereocenters. The van der Waals surface area contributed by atoms with Gasteiger partial charge < -0.3 is 19.6 Å². The first-order valence-electron chi connectivity index (χ1n) is 8.14. The van der Waals surface area contributed by atoms with Crippen LogP contribution in [0.3, 0.4) is 0 Å². The zero-order valence-corrected chi connectivity index (χ0v) is 18.6. The maximum absolute atomic E-state index is 4.58. The van der Waals surface area contributed by atoms with Crippen molar-refractivity contribution in [1.29, 1.82) is 0 Å². The molecular weight excluding hydrogens is 511 g/mol. The molecule has 0 amide bonds. The molecular formula is C16H22BrIN8. The van der Waals surface area contributed by atoms with E-state index in [-0.39, 0.29) is 24.0 Å². The van der Waals surface area contributed by atoms with Gasteiger partial charge in [0.1, 0.15) is 17.8 Å². The fourth-order valence-electron chi connectivity index (χ4n) is 2.53. The number of hydrogen-bond donors (Lipinski definition) is 2. The molecule has 2 N–H and O–H groups in total. The van der Waals surface area contributed by atoms with Gasteiger partial charge in [-0.3, -0.25) is 4.99 Å². The molecule has 0 radical (unpaired) electrons. The van der Waals surface area contributed by atoms with Gasteiger partial charge >= 0.3 is 0 Å². The molecule has 0 saturated heterocycles. The van der Waals surface area contributed by atoms with E-state index >= 15 is 0 Å². The summed E-state index contributed by atoms with van der Waals surface area (Å²) < 4.78 is 5.06. The highest BCUT2D eigenvalue weighted by molar-refractivity contribution is 14.0. The topological polar surface area (TPSA) is 84.4 Å². The van der Waals surface area contributed by atoms with Crippen LogP contribution in [0.15, 0.2) is 40.3 Å². The Balaban J connectivity index is 0.00000243. The van der Waals surface area contributed by atoms with Crippen molar-refractivity contribution < 1.29 is 0 Å². The highest BCUT2D eigenvalue weighted by Crippen LogP contribution is 2.12. The van der Waals surface area contributed by atoms with Gasteiger partial charge in [-0.1, -0.05) is 6.92 Å². The number of nitrogens with one attached hydrogen (secondary N) is 2. The molecule has 3 rings (SSSR count). The largest absolute Gasteiger partial charge is 0.355 e. The number of fused-ring (bicyclic) bond motifs is 1. The molecule has 0 aromatic carbocycles. The highest BCUT2D eigenvalue weighted by Gasteiger charge is 2.05. The Hall–Kier alpha value is -1.69. The summed E-state index contributed by atoms with van der Waals surface area (Å²) in [5.41, 5.74) is 1.87. The zero-order chi connectivity index (χ0) is 17.6. The first-order valence-corrected chi connectivity index (χ1v) is 8.93. The number of pyridine rings is 1. The molecule has 0 aliphatic heterocycles. The minimum atomic E-state index is 0. The van der Waals surface area contributed by atoms with Crippen molar-refractivity contribution in [1.82, 2.24) is 34.8 Å². The van der Waals surface area contributed by atoms with Crippen LogP contribution in [0.1, 0.15) is 18.4 Å². The van der Waals surface area contributed by atoms with Crippen LogP contribution in [0.4, 0.5) is 0 Å². The van der Waals surface area contributed by atoms with Crippen molar-refractivity contribution in [2.75, 3.05) is 13.6 Å². The van der Waals surface area contributed by atoms with Crippen molar-refractivity contribution in [2.24, 2.45) is 4.99 Å². The molecule has 0 aliphatic carbocycles. The molecule has 140 valence electrons. The molecule has 26 heavy (non-hydrogen) atoms. The van der Waals surface area contributed by atoms with Gasteiger partial charge in [-0.15, -0.1) is 34.2 Å². The Morgan fingerprint density at radius 1 is 1.27 bits per heavy atom. The first-order chi connectivity index (χ1) is 12.2. The summed E-state index contributed by atoms with van der Waals surface area (Å²) in [6, 6.07) is 3.96. The van der Waals surface area contributed by atoms with E-state index in [1.165, 1.54) is 0 Å². The Morgan fingerprint density at radius 3 is 2.88 bits per heavy atom. The number of hydrogen-bond acceptors (Lipinski definition) is 4. The van der Waals surface area contributed by atoms with Crippen LogP contribution in [0.5, 0.6) is 0 Å². The second kappa shape index (κ2) is 9.86. The Morgan fingerprint density at radius 2 is 2.12 bits per heavy atom. The van der Waals surface area contributed by atoms with Crippen LogP contribution >= 0.6 is 39.9 Å². The average Bonchev–Trinajstić information content (AvgIpc) is 3.23. The third kappa shape index (κ3) is 5.16. The molecule has 0 bridgehead atoms. The van der Waals surface area contributed by atoms with E-state index in [1.54, 1.807) is 13.4 Å². The van der Waals surface area contributed by atoms with Crippen molar-refractivity contribution >= 4 is 51.5 Å². The summed E-state index contributed by atoms with van der Waals surface area (Å²) in [6.45, 7) is 4.20. The van der Waals surface area contributed by atoms with Gasteiger partial charge in [0.25, 0.3) is 0 Å². The second-order valence-corrected chi connectivity index (χ2v) is 6.41. The van der Waals surface area contributed by atoms with Crippen molar-refractivity contribution in [3.8, 4) is 0 Å². The lowest BCUT2D eigenvalue weighted by atomic mass is 10.4. The summed E-state index contributed by atoms with van der Waals surface area (Å²) in [5.74, 6) is 1.73. The molecule has 0 aliphatic rings. The van der Waals surface area contributed by atoms with Gasteiger partial charge in [-0.25, -0.2) is 4.98 Å². The van der Waals surface area contributed by atoms with E-state index in [0.29, 0.717) is 6.54 Å². The summed E-state index contributed by atoms with van der Waals surface area (Å²) in [4.78, 5) is 8.82. The van der Waals surface area contributed by atoms with E-state index in [0.717, 1.165) is 47.1 Å². The monoisotopic (exact) mass is 532 g/mol. The summed E-state index contributed by atoms with van der Waals surface area (Å²) in [7, 11) is 1.76. The number of nitrogens with zero attached hydrogens (tertiary/aromatic N) is 6. The lowest BCUT2D eigenvalue weighted by Gasteiger charge is -2.11. The zero-order valence-electron chi connectivity index (χ0n) is 14.7. The van der Waals surface area contributed by atoms with Crippen LogP contribution in [0.2, 0.25) is 0 Å². The van der Waals surface area contributed by atoms with E-state index < -0.39 is 0 Å². The van der Waals surface area contributed by atoms with E-state index in [9.17, 15) is 0 Å². The SMILES string of the molecule is CCc1nncn1CCNC(=NC)NCc1cn2cc(Br)ccc2n1.I. The molecule has 0 atom stereocenters. The second-order valence-electron chi connectivity index (χ2n) is 5.49. The van der Waals surface area contributed by atoms with Crippen LogP contribution in [0, 0.1) is 0 Å². The van der Waals surface area contributed by atoms with Crippen molar-refractivity contribution in [3.05, 3.63) is 46.8 Å². The lowest BCUT2D eigenvalue weighted by molar-refractivity contribution is 0.632. The van der Waals surface area contributed by atoms with Crippen molar-refractivity contribution in [3.63, 3.8) is 0 Å². The third-order valence-corrected chi connectivity index (χ3v) is 4.25. The predicted molar refractivity (Wildman–Crippen MR) is 116 cm³/mol. The van der Waals surface area contributed by atoms with Crippen molar-refractivity contribution in [2.45, 2.75) is 26.4 Å². The molecule has 10 heteroatoms. The van der Waals surface area contributed by atoms with E-state index in [2.05, 4.69) is 53.7 Å². The first kappa shape index (κ1) is 20.6. The minimum Gasteiger partial charge on any atom is -0.355 e. The van der Waals surface area contributed by atoms with E-state index in [4.69, 9.17) is 0 Å². The third-order valence-electron chi connectivity index (χ3n) is 3.78. The summed E-state index contributed by atoms with van der Waals surface area (Å²) in [6.07, 6.45) is 6.62. The molecule has 3 heterocycles. The highest BCUT2D eigenvalue weighted by atomic mass is 127. The number of rotatable bonds is 6. The average molecular weight is 533 g/mol. The number of imidazole rings is 1. The number of aliphatic imine (C=N–C) groups is 1. The molecule has 8 nitrogen and oxygen atoms in total. The fourth-order valence-corrected chi connectivity index (χ4v) is 2.88. The normalized spacial score (nSPS) is 11.4. The van der Waals surface area contributed by atoms with Crippen LogP contribution in [0.25, 0.3) is 5.65 Å². The van der Waals surface area contributed by atoms with Gasteiger partial charge in [0.05, 0.1) is 12.2 Å². The van der Waals surface area contributed by atoms with Gasteiger partial charge in [0, 0.05) is 43.4 Å². The van der Waals surface area contributed by atoms with Crippen LogP contribution in [-0.4, -0.2) is 43.7 Å². The fraction of sp³-hybridized carbons (Fsp3) is 0.375. The molecule has 0 saturated carbocycles. The number of aryl methyl sites for hydroxylation is 1. The Labute approximate surface area is 177 Å². The van der Waals surface area contributed by atoms with Crippen LogP contribution < -0.4 is 10.6 Å². The number of halogens is 2. The Kier molecular flexibility index (Phi) is 7.82. The summed E-state index contributed by atoms with van der Waals surface area (Å²) >= 11 is 3.47.